The highest BCUT2D eigenvalue weighted by Gasteiger charge is 2.41. The number of amides is 2. The molecule has 1 aromatic heterocycles. The van der Waals surface area contributed by atoms with Crippen molar-refractivity contribution in [3.8, 4) is 0 Å². The maximum absolute atomic E-state index is 13.5. The number of nitrogens with one attached hydrogen (secondary N) is 2. The van der Waals surface area contributed by atoms with E-state index >= 15 is 0 Å². The summed E-state index contributed by atoms with van der Waals surface area (Å²) in [5, 5.41) is 6.38. The number of nitrogens with two attached hydrogens (primary N) is 2. The normalized spacial score (nSPS) is 21.0. The van der Waals surface area contributed by atoms with Crippen molar-refractivity contribution < 1.29 is 14.3 Å². The number of rotatable bonds is 5. The highest BCUT2D eigenvalue weighted by Crippen LogP contribution is 2.31. The molecule has 3 fully saturated rings. The summed E-state index contributed by atoms with van der Waals surface area (Å²) < 4.78 is 8.30. The van der Waals surface area contributed by atoms with Gasteiger partial charge in [-0.1, -0.05) is 48.0 Å². The number of hydrogen-bond acceptors (Lipinski definition) is 9. The van der Waals surface area contributed by atoms with E-state index in [1.165, 1.54) is 5.56 Å². The van der Waals surface area contributed by atoms with Gasteiger partial charge in [-0.25, -0.2) is 14.3 Å². The Hall–Kier alpha value is -3.91. The van der Waals surface area contributed by atoms with Crippen LogP contribution in [0.25, 0.3) is 0 Å². The van der Waals surface area contributed by atoms with Crippen LogP contribution in [0.15, 0.2) is 64.5 Å². The van der Waals surface area contributed by atoms with E-state index in [0.717, 1.165) is 18.0 Å². The Morgan fingerprint density at radius 1 is 1.05 bits per heavy atom. The van der Waals surface area contributed by atoms with Gasteiger partial charge in [0.15, 0.2) is 28.4 Å². The van der Waals surface area contributed by atoms with Crippen molar-refractivity contribution in [1.29, 1.82) is 0 Å². The van der Waals surface area contributed by atoms with Gasteiger partial charge in [0.2, 0.25) is 0 Å². The number of morpholine rings is 1. The van der Waals surface area contributed by atoms with Crippen molar-refractivity contribution in [3.05, 3.63) is 76.6 Å². The summed E-state index contributed by atoms with van der Waals surface area (Å²) in [6.07, 6.45) is 1.41. The lowest BCUT2D eigenvalue weighted by Gasteiger charge is -2.38. The van der Waals surface area contributed by atoms with Crippen LogP contribution in [0.2, 0.25) is 5.15 Å². The van der Waals surface area contributed by atoms with Crippen molar-refractivity contribution in [3.63, 3.8) is 0 Å². The maximum Gasteiger partial charge on any atom is 0.302 e. The van der Waals surface area contributed by atoms with E-state index < -0.39 is 5.91 Å². The van der Waals surface area contributed by atoms with Gasteiger partial charge in [0.25, 0.3) is 5.91 Å². The molecule has 1 atom stereocenters. The average Bonchev–Trinajstić information content (AvgIpc) is 3.41. The number of carbonyl (C=O) groups excluding carboxylic acids is 2. The van der Waals surface area contributed by atoms with Crippen molar-refractivity contribution in [1.82, 2.24) is 29.8 Å². The summed E-state index contributed by atoms with van der Waals surface area (Å²) in [6, 6.07) is 18.1. The molecule has 4 heterocycles. The van der Waals surface area contributed by atoms with Crippen LogP contribution in [0.4, 0.5) is 11.6 Å². The van der Waals surface area contributed by atoms with Crippen LogP contribution in [0.1, 0.15) is 45.4 Å². The van der Waals surface area contributed by atoms with Crippen LogP contribution in [-0.4, -0.2) is 81.8 Å². The number of benzene rings is 2. The van der Waals surface area contributed by atoms with Gasteiger partial charge in [0.05, 0.1) is 18.2 Å². The largest absolute Gasteiger partial charge is 0.382 e. The fourth-order valence-electron chi connectivity index (χ4n) is 5.45. The molecule has 12 nitrogen and oxygen atoms in total. The van der Waals surface area contributed by atoms with E-state index in [1.807, 2.05) is 47.4 Å². The zero-order chi connectivity index (χ0) is 30.0. The molecular formula is C29H32ClN9O3S. The zero-order valence-electron chi connectivity index (χ0n) is 23.3. The lowest BCUT2D eigenvalue weighted by molar-refractivity contribution is 0.000559. The first kappa shape index (κ1) is 29.2. The third-order valence-electron chi connectivity index (χ3n) is 7.82. The fourth-order valence-corrected chi connectivity index (χ4v) is 6.57. The van der Waals surface area contributed by atoms with Crippen molar-refractivity contribution in [2.45, 2.75) is 29.4 Å². The molecule has 2 aromatic carbocycles. The number of ether oxygens (including phenoxy) is 1. The molecule has 3 aliphatic heterocycles. The molecule has 3 aliphatic rings. The Morgan fingerprint density at radius 2 is 1.84 bits per heavy atom. The first-order valence-electron chi connectivity index (χ1n) is 14.0. The van der Waals surface area contributed by atoms with Crippen molar-refractivity contribution in [2.75, 3.05) is 50.8 Å². The van der Waals surface area contributed by atoms with Crippen LogP contribution >= 0.6 is 23.5 Å². The Labute approximate surface area is 258 Å². The molecular weight excluding hydrogens is 590 g/mol. The van der Waals surface area contributed by atoms with Crippen LogP contribution in [0.3, 0.4) is 0 Å². The highest BCUT2D eigenvalue weighted by atomic mass is 35.5. The molecule has 3 aromatic rings. The molecule has 0 radical (unpaired) electrons. The minimum absolute atomic E-state index is 0.00532. The highest BCUT2D eigenvalue weighted by molar-refractivity contribution is 7.97. The number of hydrogen-bond donors (Lipinski definition) is 4. The van der Waals surface area contributed by atoms with Crippen molar-refractivity contribution >= 4 is 53.0 Å². The Morgan fingerprint density at radius 3 is 2.63 bits per heavy atom. The summed E-state index contributed by atoms with van der Waals surface area (Å²) in [7, 11) is 0. The number of carbonyl (C=O) groups is 2. The van der Waals surface area contributed by atoms with Gasteiger partial charge in [-0.05, 0) is 48.6 Å². The molecule has 1 unspecified atom stereocenters. The quantitative estimate of drug-likeness (QED) is 0.310. The summed E-state index contributed by atoms with van der Waals surface area (Å²) >= 11 is 7.56. The van der Waals surface area contributed by atoms with Crippen molar-refractivity contribution in [2.24, 2.45) is 4.99 Å². The van der Waals surface area contributed by atoms with Crippen LogP contribution in [0.5, 0.6) is 0 Å². The van der Waals surface area contributed by atoms with Gasteiger partial charge in [0.1, 0.15) is 0 Å². The SMILES string of the molecule is Nc1nc(N)c(C(=O)/N=C2\NCC3(CCN(C(=O)c4cccc(SN5CCOC(c6ccccc6)C5)c4)CC3)N2)nc1Cl. The van der Waals surface area contributed by atoms with Crippen LogP contribution in [-0.2, 0) is 4.74 Å². The second-order valence-electron chi connectivity index (χ2n) is 10.7. The molecule has 0 aliphatic carbocycles. The average molecular weight is 622 g/mol. The number of likely N-dealkylation sites (tertiary alicyclic amines) is 1. The second-order valence-corrected chi connectivity index (χ2v) is 12.3. The number of piperidine rings is 1. The summed E-state index contributed by atoms with van der Waals surface area (Å²) in [5.74, 6) is -0.552. The molecule has 14 heteroatoms. The molecule has 0 bridgehead atoms. The number of aromatic nitrogens is 2. The van der Waals surface area contributed by atoms with E-state index in [-0.39, 0.29) is 40.0 Å². The van der Waals surface area contributed by atoms with Crippen LogP contribution in [0, 0.1) is 0 Å². The monoisotopic (exact) mass is 621 g/mol. The lowest BCUT2D eigenvalue weighted by Crippen LogP contribution is -2.53. The zero-order valence-corrected chi connectivity index (χ0v) is 24.9. The predicted molar refractivity (Wildman–Crippen MR) is 166 cm³/mol. The third kappa shape index (κ3) is 6.54. The van der Waals surface area contributed by atoms with E-state index in [4.69, 9.17) is 27.8 Å². The number of nitrogens with zero attached hydrogens (tertiary/aromatic N) is 5. The molecule has 43 heavy (non-hydrogen) atoms. The minimum atomic E-state index is -0.683. The Balaban J connectivity index is 1.04. The minimum Gasteiger partial charge on any atom is -0.382 e. The van der Waals surface area contributed by atoms with E-state index in [0.29, 0.717) is 50.6 Å². The lowest BCUT2D eigenvalue weighted by atomic mass is 9.88. The van der Waals surface area contributed by atoms with E-state index in [9.17, 15) is 9.59 Å². The number of aliphatic imine (C=N–C) groups is 1. The number of anilines is 2. The fraction of sp³-hybridized carbons (Fsp3) is 0.345. The van der Waals surface area contributed by atoms with Crippen LogP contribution < -0.4 is 22.1 Å². The molecule has 2 amide bonds. The summed E-state index contributed by atoms with van der Waals surface area (Å²) in [6.45, 7) is 3.95. The molecule has 224 valence electrons. The Kier molecular flexibility index (Phi) is 8.39. The first-order chi connectivity index (χ1) is 20.8. The predicted octanol–water partition coefficient (Wildman–Crippen LogP) is 2.74. The smallest absolute Gasteiger partial charge is 0.302 e. The Bertz CT molecular complexity index is 1550. The van der Waals surface area contributed by atoms with Gasteiger partial charge >= 0.3 is 5.91 Å². The van der Waals surface area contributed by atoms with Gasteiger partial charge in [-0.2, -0.15) is 4.99 Å². The summed E-state index contributed by atoms with van der Waals surface area (Å²) in [5.41, 5.74) is 12.7. The summed E-state index contributed by atoms with van der Waals surface area (Å²) in [4.78, 5) is 40.9. The van der Waals surface area contributed by atoms with E-state index in [1.54, 1.807) is 11.9 Å². The topological polar surface area (TPSA) is 164 Å². The molecule has 1 spiro atoms. The first-order valence-corrected chi connectivity index (χ1v) is 15.2. The molecule has 6 N–H and O–H groups in total. The number of halogens is 1. The molecule has 6 rings (SSSR count). The molecule has 0 saturated carbocycles. The van der Waals surface area contributed by atoms with Gasteiger partial charge in [0, 0.05) is 43.2 Å². The second kappa shape index (κ2) is 12.4. The van der Waals surface area contributed by atoms with Gasteiger partial charge in [-0.15, -0.1) is 0 Å². The standard InChI is InChI=1S/C29H32ClN9O3S/c30-23-25(32)35-24(31)22(34-23)26(40)36-28-33-17-29(37-28)9-11-38(12-10-29)27(41)19-7-4-8-20(15-19)43-39-13-14-42-21(16-39)18-5-2-1-3-6-18/h1-8,15,21H,9-14,16-17H2,(H4,31,32,35)(H2,33,36,37,40). The maximum atomic E-state index is 13.5. The number of nitrogen functional groups attached to an aromatic ring is 2. The number of guanidine groups is 1. The van der Waals surface area contributed by atoms with Gasteiger partial charge in [-0.3, -0.25) is 9.59 Å². The van der Waals surface area contributed by atoms with E-state index in [2.05, 4.69) is 42.0 Å². The molecule has 3 saturated heterocycles. The van der Waals surface area contributed by atoms with Gasteiger partial charge < -0.3 is 31.7 Å². The third-order valence-corrected chi connectivity index (χ3v) is 9.16.